The second kappa shape index (κ2) is 10.8. The van der Waals surface area contributed by atoms with Crippen LogP contribution in [0.1, 0.15) is 128 Å². The van der Waals surface area contributed by atoms with Crippen molar-refractivity contribution < 1.29 is 4.74 Å². The number of ether oxygens (including phenoxy) is 1. The van der Waals surface area contributed by atoms with E-state index in [9.17, 15) is 0 Å². The van der Waals surface area contributed by atoms with E-state index in [4.69, 9.17) is 4.74 Å². The van der Waals surface area contributed by atoms with E-state index < -0.39 is 0 Å². The van der Waals surface area contributed by atoms with E-state index in [1.807, 2.05) is 0 Å². The fourth-order valence-electron chi connectivity index (χ4n) is 7.57. The summed E-state index contributed by atoms with van der Waals surface area (Å²) in [4.78, 5) is 0. The van der Waals surface area contributed by atoms with Gasteiger partial charge in [-0.3, -0.25) is 0 Å². The van der Waals surface area contributed by atoms with Crippen LogP contribution in [-0.4, -0.2) is 13.2 Å². The van der Waals surface area contributed by atoms with Crippen molar-refractivity contribution in [3.8, 4) is 0 Å². The topological polar surface area (TPSA) is 9.23 Å². The molecule has 1 spiro atoms. The molecule has 0 aromatic heterocycles. The average Bonchev–Trinajstić information content (AvgIpc) is 3.24. The molecule has 162 valence electrons. The Labute approximate surface area is 175 Å². The summed E-state index contributed by atoms with van der Waals surface area (Å²) in [5.74, 6) is 4.30. The second-order valence-electron chi connectivity index (χ2n) is 11.4. The first-order valence-electron chi connectivity index (χ1n) is 13.4. The summed E-state index contributed by atoms with van der Waals surface area (Å²) in [7, 11) is 0. The van der Waals surface area contributed by atoms with Crippen LogP contribution in [0.2, 0.25) is 0 Å². The lowest BCUT2D eigenvalue weighted by Gasteiger charge is -2.52. The minimum absolute atomic E-state index is 0.821. The first-order chi connectivity index (χ1) is 13.8. The number of rotatable bonds is 10. The summed E-state index contributed by atoms with van der Waals surface area (Å²) in [6.45, 7) is 2.04. The highest BCUT2D eigenvalue weighted by Crippen LogP contribution is 2.58. The molecular weight excluding hydrogens is 340 g/mol. The van der Waals surface area contributed by atoms with Crippen molar-refractivity contribution in [2.75, 3.05) is 13.2 Å². The maximum absolute atomic E-state index is 5.93. The molecule has 4 aliphatic carbocycles. The first-order valence-corrected chi connectivity index (χ1v) is 13.4. The van der Waals surface area contributed by atoms with E-state index in [-0.39, 0.29) is 0 Å². The van der Waals surface area contributed by atoms with Crippen LogP contribution in [-0.2, 0) is 4.74 Å². The average molecular weight is 389 g/mol. The standard InChI is InChI=1S/C27H48O/c1-3-9-23(10-4-1)16-20-28-19-8-2-5-11-24-21-27(22-24)17-14-26(15-18-27)25-12-6-7-13-25/h23-26H,1-22H2. The second-order valence-corrected chi connectivity index (χ2v) is 11.4. The third-order valence-corrected chi connectivity index (χ3v) is 9.40. The predicted molar refractivity (Wildman–Crippen MR) is 120 cm³/mol. The highest BCUT2D eigenvalue weighted by Gasteiger charge is 2.46. The summed E-state index contributed by atoms with van der Waals surface area (Å²) < 4.78 is 5.93. The van der Waals surface area contributed by atoms with Crippen LogP contribution < -0.4 is 0 Å². The van der Waals surface area contributed by atoms with Gasteiger partial charge in [0.25, 0.3) is 0 Å². The SMILES string of the molecule is C1CCC(CCOCCCCCC2CC3(CCC(C4CCCC4)CC3)C2)CC1. The van der Waals surface area contributed by atoms with Gasteiger partial charge in [0.2, 0.25) is 0 Å². The normalized spacial score (nSPS) is 34.7. The van der Waals surface area contributed by atoms with Crippen LogP contribution in [0.5, 0.6) is 0 Å². The number of hydrogen-bond donors (Lipinski definition) is 0. The smallest absolute Gasteiger partial charge is 0.0468 e. The van der Waals surface area contributed by atoms with Crippen LogP contribution in [0, 0.1) is 29.1 Å². The third kappa shape index (κ3) is 5.99. The Kier molecular flexibility index (Phi) is 8.20. The maximum atomic E-state index is 5.93. The molecule has 0 unspecified atom stereocenters. The molecule has 0 heterocycles. The van der Waals surface area contributed by atoms with Gasteiger partial charge in [0.1, 0.15) is 0 Å². The molecule has 0 amide bonds. The van der Waals surface area contributed by atoms with E-state index >= 15 is 0 Å². The molecule has 0 N–H and O–H groups in total. The minimum Gasteiger partial charge on any atom is -0.381 e. The Morgan fingerprint density at radius 3 is 2.00 bits per heavy atom. The number of hydrogen-bond acceptors (Lipinski definition) is 1. The van der Waals surface area contributed by atoms with Gasteiger partial charge in [-0.2, -0.15) is 0 Å². The quantitative estimate of drug-likeness (QED) is 0.342. The van der Waals surface area contributed by atoms with Gasteiger partial charge >= 0.3 is 0 Å². The Hall–Kier alpha value is -0.0400. The van der Waals surface area contributed by atoms with Crippen molar-refractivity contribution >= 4 is 0 Å². The fraction of sp³-hybridized carbons (Fsp3) is 1.00. The molecule has 0 aromatic carbocycles. The monoisotopic (exact) mass is 388 g/mol. The zero-order valence-electron chi connectivity index (χ0n) is 18.8. The molecule has 1 heteroatoms. The predicted octanol–water partition coefficient (Wildman–Crippen LogP) is 8.31. The van der Waals surface area contributed by atoms with Gasteiger partial charge in [0, 0.05) is 13.2 Å². The Bertz CT molecular complexity index is 416. The molecule has 28 heavy (non-hydrogen) atoms. The van der Waals surface area contributed by atoms with Gasteiger partial charge in [-0.05, 0) is 80.5 Å². The van der Waals surface area contributed by atoms with Crippen molar-refractivity contribution in [2.24, 2.45) is 29.1 Å². The lowest BCUT2D eigenvalue weighted by molar-refractivity contribution is -0.0126. The van der Waals surface area contributed by atoms with Gasteiger partial charge < -0.3 is 4.74 Å². The molecule has 0 radical (unpaired) electrons. The van der Waals surface area contributed by atoms with Crippen molar-refractivity contribution in [1.29, 1.82) is 0 Å². The Balaban J connectivity index is 0.966. The van der Waals surface area contributed by atoms with Gasteiger partial charge in [-0.15, -0.1) is 0 Å². The van der Waals surface area contributed by atoms with E-state index in [1.165, 1.54) is 77.0 Å². The molecule has 1 nitrogen and oxygen atoms in total. The van der Waals surface area contributed by atoms with Crippen molar-refractivity contribution in [1.82, 2.24) is 0 Å². The summed E-state index contributed by atoms with van der Waals surface area (Å²) >= 11 is 0. The fourth-order valence-corrected chi connectivity index (χ4v) is 7.57. The van der Waals surface area contributed by atoms with Crippen molar-refractivity contribution in [2.45, 2.75) is 128 Å². The Morgan fingerprint density at radius 1 is 0.571 bits per heavy atom. The first kappa shape index (κ1) is 21.2. The molecule has 0 saturated heterocycles. The van der Waals surface area contributed by atoms with E-state index in [0.717, 1.165) is 42.3 Å². The lowest BCUT2D eigenvalue weighted by Crippen LogP contribution is -2.41. The molecule has 0 aliphatic heterocycles. The molecule has 4 fully saturated rings. The zero-order chi connectivity index (χ0) is 19.1. The molecular formula is C27H48O. The van der Waals surface area contributed by atoms with Gasteiger partial charge in [-0.25, -0.2) is 0 Å². The largest absolute Gasteiger partial charge is 0.381 e. The van der Waals surface area contributed by atoms with Gasteiger partial charge in [0.05, 0.1) is 0 Å². The molecule has 0 aromatic rings. The van der Waals surface area contributed by atoms with E-state index in [2.05, 4.69) is 0 Å². The number of unbranched alkanes of at least 4 members (excludes halogenated alkanes) is 2. The van der Waals surface area contributed by atoms with Crippen molar-refractivity contribution in [3.63, 3.8) is 0 Å². The van der Waals surface area contributed by atoms with Crippen LogP contribution in [0.3, 0.4) is 0 Å². The molecule has 4 aliphatic rings. The van der Waals surface area contributed by atoms with E-state index in [1.54, 1.807) is 51.4 Å². The highest BCUT2D eigenvalue weighted by molar-refractivity contribution is 4.97. The summed E-state index contributed by atoms with van der Waals surface area (Å²) in [6.07, 6.45) is 30.0. The Morgan fingerprint density at radius 2 is 1.25 bits per heavy atom. The maximum Gasteiger partial charge on any atom is 0.0468 e. The molecule has 0 atom stereocenters. The van der Waals surface area contributed by atoms with Crippen LogP contribution in [0.15, 0.2) is 0 Å². The van der Waals surface area contributed by atoms with Gasteiger partial charge in [0.15, 0.2) is 0 Å². The molecule has 4 rings (SSSR count). The minimum atomic E-state index is 0.821. The molecule has 0 bridgehead atoms. The summed E-state index contributed by atoms with van der Waals surface area (Å²) in [5, 5.41) is 0. The van der Waals surface area contributed by atoms with Gasteiger partial charge in [-0.1, -0.05) is 77.0 Å². The highest BCUT2D eigenvalue weighted by atomic mass is 16.5. The summed E-state index contributed by atoms with van der Waals surface area (Å²) in [5.41, 5.74) is 0.821. The van der Waals surface area contributed by atoms with E-state index in [0.29, 0.717) is 0 Å². The van der Waals surface area contributed by atoms with Crippen molar-refractivity contribution in [3.05, 3.63) is 0 Å². The third-order valence-electron chi connectivity index (χ3n) is 9.40. The zero-order valence-corrected chi connectivity index (χ0v) is 18.8. The van der Waals surface area contributed by atoms with Crippen LogP contribution >= 0.6 is 0 Å². The van der Waals surface area contributed by atoms with Crippen LogP contribution in [0.25, 0.3) is 0 Å². The lowest BCUT2D eigenvalue weighted by atomic mass is 9.53. The molecule has 4 saturated carbocycles. The van der Waals surface area contributed by atoms with Crippen LogP contribution in [0.4, 0.5) is 0 Å². The summed E-state index contributed by atoms with van der Waals surface area (Å²) in [6, 6.07) is 0.